The van der Waals surface area contributed by atoms with Crippen molar-refractivity contribution in [3.63, 3.8) is 0 Å². The molecule has 1 heterocycles. The lowest BCUT2D eigenvalue weighted by molar-refractivity contribution is 0.0696. The van der Waals surface area contributed by atoms with Crippen molar-refractivity contribution in [1.29, 1.82) is 0 Å². The van der Waals surface area contributed by atoms with E-state index in [1.165, 1.54) is 12.3 Å². The molecule has 1 aromatic heterocycles. The standard InChI is InChI=1S/C13H12BrN3O2/c1-7-4-9(2-3-10(7)14)17-12-11(15)5-8(6-16-12)13(18)19/h2-6H,15H2,1H3,(H,16,17)(H,18,19). The minimum absolute atomic E-state index is 0.0648. The van der Waals surface area contributed by atoms with Crippen LogP contribution in [0.3, 0.4) is 0 Å². The highest BCUT2D eigenvalue weighted by Gasteiger charge is 2.08. The van der Waals surface area contributed by atoms with Crippen LogP contribution in [0.5, 0.6) is 0 Å². The van der Waals surface area contributed by atoms with E-state index in [-0.39, 0.29) is 5.56 Å². The number of aryl methyl sites for hydroxylation is 1. The van der Waals surface area contributed by atoms with Crippen molar-refractivity contribution >= 4 is 39.1 Å². The summed E-state index contributed by atoms with van der Waals surface area (Å²) in [5.41, 5.74) is 8.05. The molecule has 0 fully saturated rings. The summed E-state index contributed by atoms with van der Waals surface area (Å²) in [5, 5.41) is 11.9. The quantitative estimate of drug-likeness (QED) is 0.808. The predicted octanol–water partition coefficient (Wildman–Crippen LogP) is 3.18. The molecule has 2 aromatic rings. The van der Waals surface area contributed by atoms with Gasteiger partial charge in [0, 0.05) is 16.4 Å². The maximum atomic E-state index is 10.8. The highest BCUT2D eigenvalue weighted by atomic mass is 79.9. The Morgan fingerprint density at radius 2 is 2.16 bits per heavy atom. The molecule has 0 atom stereocenters. The van der Waals surface area contributed by atoms with Crippen LogP contribution in [0.1, 0.15) is 15.9 Å². The van der Waals surface area contributed by atoms with Crippen molar-refractivity contribution in [3.8, 4) is 0 Å². The fraction of sp³-hybridized carbons (Fsp3) is 0.0769. The average Bonchev–Trinajstić information content (AvgIpc) is 2.36. The second kappa shape index (κ2) is 5.27. The number of aromatic nitrogens is 1. The second-order valence-corrected chi connectivity index (χ2v) is 4.91. The number of carbonyl (C=O) groups is 1. The first-order chi connectivity index (χ1) is 8.97. The molecule has 1 aromatic carbocycles. The summed E-state index contributed by atoms with van der Waals surface area (Å²) in [5.74, 6) is -0.614. The van der Waals surface area contributed by atoms with Gasteiger partial charge in [0.1, 0.15) is 0 Å². The van der Waals surface area contributed by atoms with E-state index >= 15 is 0 Å². The van der Waals surface area contributed by atoms with Gasteiger partial charge in [-0.3, -0.25) is 0 Å². The number of pyridine rings is 1. The van der Waals surface area contributed by atoms with Gasteiger partial charge in [0.15, 0.2) is 5.82 Å². The van der Waals surface area contributed by atoms with Gasteiger partial charge < -0.3 is 16.2 Å². The van der Waals surface area contributed by atoms with Gasteiger partial charge in [0.25, 0.3) is 0 Å². The van der Waals surface area contributed by atoms with Crippen molar-refractivity contribution in [2.24, 2.45) is 0 Å². The van der Waals surface area contributed by atoms with E-state index in [1.54, 1.807) is 0 Å². The number of halogens is 1. The molecule has 0 saturated heterocycles. The van der Waals surface area contributed by atoms with Crippen LogP contribution in [-0.4, -0.2) is 16.1 Å². The number of nitrogens with zero attached hydrogens (tertiary/aromatic N) is 1. The molecule has 2 rings (SSSR count). The van der Waals surface area contributed by atoms with Gasteiger partial charge in [-0.15, -0.1) is 0 Å². The van der Waals surface area contributed by atoms with E-state index < -0.39 is 5.97 Å². The molecular formula is C13H12BrN3O2. The van der Waals surface area contributed by atoms with Gasteiger partial charge in [-0.05, 0) is 36.8 Å². The van der Waals surface area contributed by atoms with Gasteiger partial charge in [0.2, 0.25) is 0 Å². The summed E-state index contributed by atoms with van der Waals surface area (Å²) in [6.45, 7) is 1.97. The molecule has 0 aliphatic heterocycles. The van der Waals surface area contributed by atoms with Crippen molar-refractivity contribution in [2.75, 3.05) is 11.1 Å². The minimum Gasteiger partial charge on any atom is -0.478 e. The molecule has 0 aliphatic carbocycles. The topological polar surface area (TPSA) is 88.2 Å². The number of rotatable bonds is 3. The lowest BCUT2D eigenvalue weighted by Crippen LogP contribution is -2.04. The van der Waals surface area contributed by atoms with E-state index in [4.69, 9.17) is 10.8 Å². The van der Waals surface area contributed by atoms with Gasteiger partial charge in [-0.1, -0.05) is 15.9 Å². The zero-order valence-electron chi connectivity index (χ0n) is 10.1. The molecular weight excluding hydrogens is 310 g/mol. The third kappa shape index (κ3) is 3.03. The van der Waals surface area contributed by atoms with Crippen molar-refractivity contribution in [3.05, 3.63) is 46.1 Å². The number of anilines is 3. The molecule has 0 bridgehead atoms. The number of nitrogens with one attached hydrogen (secondary N) is 1. The highest BCUT2D eigenvalue weighted by Crippen LogP contribution is 2.25. The Kier molecular flexibility index (Phi) is 3.71. The Hall–Kier alpha value is -2.08. The normalized spacial score (nSPS) is 10.2. The van der Waals surface area contributed by atoms with Crippen LogP contribution in [-0.2, 0) is 0 Å². The fourth-order valence-electron chi connectivity index (χ4n) is 1.56. The second-order valence-electron chi connectivity index (χ2n) is 4.06. The summed E-state index contributed by atoms with van der Waals surface area (Å²) >= 11 is 3.42. The first-order valence-electron chi connectivity index (χ1n) is 5.49. The van der Waals surface area contributed by atoms with E-state index in [0.29, 0.717) is 11.5 Å². The third-order valence-electron chi connectivity index (χ3n) is 2.58. The zero-order valence-corrected chi connectivity index (χ0v) is 11.7. The van der Waals surface area contributed by atoms with Crippen LogP contribution >= 0.6 is 15.9 Å². The lowest BCUT2D eigenvalue weighted by Gasteiger charge is -2.10. The molecule has 98 valence electrons. The number of nitrogens with two attached hydrogens (primary N) is 1. The molecule has 0 aliphatic rings. The molecule has 19 heavy (non-hydrogen) atoms. The molecule has 0 saturated carbocycles. The van der Waals surface area contributed by atoms with Crippen LogP contribution in [0.4, 0.5) is 17.2 Å². The molecule has 5 nitrogen and oxygen atoms in total. The Balaban J connectivity index is 2.28. The largest absolute Gasteiger partial charge is 0.478 e. The van der Waals surface area contributed by atoms with Crippen molar-refractivity contribution < 1.29 is 9.90 Å². The number of carboxylic acid groups (broad SMARTS) is 1. The average molecular weight is 322 g/mol. The SMILES string of the molecule is Cc1cc(Nc2ncc(C(=O)O)cc2N)ccc1Br. The lowest BCUT2D eigenvalue weighted by atomic mass is 10.2. The van der Waals surface area contributed by atoms with E-state index in [1.807, 2.05) is 25.1 Å². The molecule has 4 N–H and O–H groups in total. The number of benzene rings is 1. The van der Waals surface area contributed by atoms with Gasteiger partial charge in [0.05, 0.1) is 11.3 Å². The smallest absolute Gasteiger partial charge is 0.337 e. The van der Waals surface area contributed by atoms with Gasteiger partial charge in [-0.25, -0.2) is 9.78 Å². The van der Waals surface area contributed by atoms with Crippen LogP contribution in [0.25, 0.3) is 0 Å². The Bertz CT molecular complexity index is 644. The summed E-state index contributed by atoms with van der Waals surface area (Å²) in [6.07, 6.45) is 1.27. The van der Waals surface area contributed by atoms with Crippen LogP contribution in [0, 0.1) is 6.92 Å². The third-order valence-corrected chi connectivity index (χ3v) is 3.47. The number of hydrogen-bond donors (Lipinski definition) is 3. The van der Waals surface area contributed by atoms with Gasteiger partial charge in [-0.2, -0.15) is 0 Å². The Morgan fingerprint density at radius 3 is 2.74 bits per heavy atom. The Morgan fingerprint density at radius 1 is 1.42 bits per heavy atom. The number of hydrogen-bond acceptors (Lipinski definition) is 4. The van der Waals surface area contributed by atoms with E-state index in [0.717, 1.165) is 15.7 Å². The molecule has 0 spiro atoms. The molecule has 0 amide bonds. The maximum Gasteiger partial charge on any atom is 0.337 e. The number of aromatic carboxylic acids is 1. The molecule has 0 radical (unpaired) electrons. The van der Waals surface area contributed by atoms with E-state index in [9.17, 15) is 4.79 Å². The molecule has 0 unspecified atom stereocenters. The van der Waals surface area contributed by atoms with Crippen molar-refractivity contribution in [2.45, 2.75) is 6.92 Å². The van der Waals surface area contributed by atoms with Gasteiger partial charge >= 0.3 is 5.97 Å². The highest BCUT2D eigenvalue weighted by molar-refractivity contribution is 9.10. The zero-order chi connectivity index (χ0) is 14.0. The summed E-state index contributed by atoms with van der Waals surface area (Å²) in [7, 11) is 0. The monoisotopic (exact) mass is 321 g/mol. The Labute approximate surface area is 118 Å². The first-order valence-corrected chi connectivity index (χ1v) is 6.28. The minimum atomic E-state index is -1.05. The van der Waals surface area contributed by atoms with Crippen LogP contribution < -0.4 is 11.1 Å². The first kappa shape index (κ1) is 13.4. The fourth-order valence-corrected chi connectivity index (χ4v) is 1.81. The van der Waals surface area contributed by atoms with Crippen molar-refractivity contribution in [1.82, 2.24) is 4.98 Å². The van der Waals surface area contributed by atoms with Crippen LogP contribution in [0.15, 0.2) is 34.9 Å². The number of carboxylic acids is 1. The summed E-state index contributed by atoms with van der Waals surface area (Å²) < 4.78 is 1.01. The number of nitrogen functional groups attached to an aromatic ring is 1. The predicted molar refractivity (Wildman–Crippen MR) is 77.8 cm³/mol. The van der Waals surface area contributed by atoms with Crippen LogP contribution in [0.2, 0.25) is 0 Å². The summed E-state index contributed by atoms with van der Waals surface area (Å²) in [4.78, 5) is 14.8. The summed E-state index contributed by atoms with van der Waals surface area (Å²) in [6, 6.07) is 7.11. The maximum absolute atomic E-state index is 10.8. The van der Waals surface area contributed by atoms with E-state index in [2.05, 4.69) is 26.2 Å². The molecule has 6 heteroatoms.